The van der Waals surface area contributed by atoms with Gasteiger partial charge in [-0.15, -0.1) is 11.6 Å². The molecule has 0 bridgehead atoms. The first kappa shape index (κ1) is 15.5. The lowest BCUT2D eigenvalue weighted by molar-refractivity contribution is 0.112. The molecule has 20 heavy (non-hydrogen) atoms. The number of rotatable bonds is 9. The number of hydrogen-bond acceptors (Lipinski definition) is 3. The average molecular weight is 298 g/mol. The third-order valence-electron chi connectivity index (χ3n) is 3.75. The van der Waals surface area contributed by atoms with Gasteiger partial charge < -0.3 is 9.47 Å². The van der Waals surface area contributed by atoms with Crippen molar-refractivity contribution < 1.29 is 9.47 Å². The zero-order chi connectivity index (χ0) is 14.2. The largest absolute Gasteiger partial charge is 0.490 e. The second-order valence-electron chi connectivity index (χ2n) is 5.04. The summed E-state index contributed by atoms with van der Waals surface area (Å²) in [6.45, 7) is 5.19. The number of ether oxygens (including phenoxy) is 2. The third kappa shape index (κ3) is 4.29. The van der Waals surface area contributed by atoms with Gasteiger partial charge in [-0.1, -0.05) is 18.6 Å². The van der Waals surface area contributed by atoms with E-state index in [0.29, 0.717) is 25.1 Å². The number of para-hydroxylation sites is 2. The van der Waals surface area contributed by atoms with E-state index >= 15 is 0 Å². The molecule has 4 heteroatoms. The fourth-order valence-corrected chi connectivity index (χ4v) is 2.67. The Bertz CT molecular complexity index is 396. The number of nitrogens with zero attached hydrogens (tertiary/aromatic N) is 1. The molecular weight excluding hydrogens is 274 g/mol. The van der Waals surface area contributed by atoms with Crippen molar-refractivity contribution >= 4 is 11.6 Å². The Morgan fingerprint density at radius 1 is 1.15 bits per heavy atom. The molecule has 1 fully saturated rings. The van der Waals surface area contributed by atoms with Crippen molar-refractivity contribution in [2.75, 3.05) is 32.2 Å². The summed E-state index contributed by atoms with van der Waals surface area (Å²) in [5.74, 6) is 2.34. The van der Waals surface area contributed by atoms with Gasteiger partial charge in [-0.25, -0.2) is 0 Å². The average Bonchev–Trinajstić information content (AvgIpc) is 2.39. The van der Waals surface area contributed by atoms with Crippen LogP contribution in [0.15, 0.2) is 24.3 Å². The van der Waals surface area contributed by atoms with Crippen LogP contribution in [0.2, 0.25) is 0 Å². The van der Waals surface area contributed by atoms with Crippen LogP contribution in [-0.2, 0) is 0 Å². The summed E-state index contributed by atoms with van der Waals surface area (Å²) in [5, 5.41) is 0. The van der Waals surface area contributed by atoms with Gasteiger partial charge in [0.05, 0.1) is 6.61 Å². The number of halogens is 1. The number of alkyl halides is 1. The predicted octanol–water partition coefficient (Wildman–Crippen LogP) is 3.56. The predicted molar refractivity (Wildman–Crippen MR) is 83.0 cm³/mol. The Balaban J connectivity index is 1.81. The highest BCUT2D eigenvalue weighted by atomic mass is 35.5. The second-order valence-corrected chi connectivity index (χ2v) is 5.42. The molecule has 0 unspecified atom stereocenters. The molecule has 1 aromatic carbocycles. The Kier molecular flexibility index (Phi) is 6.48. The van der Waals surface area contributed by atoms with Crippen molar-refractivity contribution in [1.82, 2.24) is 4.90 Å². The summed E-state index contributed by atoms with van der Waals surface area (Å²) in [6, 6.07) is 8.55. The fourth-order valence-electron chi connectivity index (χ4n) is 2.45. The van der Waals surface area contributed by atoms with Gasteiger partial charge in [0, 0.05) is 25.0 Å². The van der Waals surface area contributed by atoms with Crippen LogP contribution in [0.3, 0.4) is 0 Å². The summed E-state index contributed by atoms with van der Waals surface area (Å²) in [7, 11) is 0. The van der Waals surface area contributed by atoms with E-state index in [0.717, 1.165) is 24.6 Å². The molecule has 0 atom stereocenters. The van der Waals surface area contributed by atoms with Crippen LogP contribution in [-0.4, -0.2) is 43.1 Å². The highest BCUT2D eigenvalue weighted by Crippen LogP contribution is 2.27. The molecule has 0 heterocycles. The van der Waals surface area contributed by atoms with Gasteiger partial charge in [0.25, 0.3) is 0 Å². The topological polar surface area (TPSA) is 21.7 Å². The molecule has 0 amide bonds. The van der Waals surface area contributed by atoms with Crippen molar-refractivity contribution in [3.63, 3.8) is 0 Å². The van der Waals surface area contributed by atoms with E-state index in [1.54, 1.807) is 0 Å². The van der Waals surface area contributed by atoms with E-state index < -0.39 is 0 Å². The van der Waals surface area contributed by atoms with Crippen molar-refractivity contribution in [2.45, 2.75) is 32.2 Å². The van der Waals surface area contributed by atoms with E-state index in [9.17, 15) is 0 Å². The van der Waals surface area contributed by atoms with E-state index in [4.69, 9.17) is 21.1 Å². The minimum atomic E-state index is 0.654. The Morgan fingerprint density at radius 2 is 1.85 bits per heavy atom. The van der Waals surface area contributed by atoms with Crippen LogP contribution >= 0.6 is 11.6 Å². The molecule has 0 saturated heterocycles. The summed E-state index contributed by atoms with van der Waals surface area (Å²) >= 11 is 5.88. The fraction of sp³-hybridized carbons (Fsp3) is 0.625. The molecule has 0 aliphatic heterocycles. The van der Waals surface area contributed by atoms with E-state index in [1.165, 1.54) is 19.3 Å². The number of benzene rings is 1. The third-order valence-corrected chi connectivity index (χ3v) is 3.92. The van der Waals surface area contributed by atoms with Crippen LogP contribution in [0.5, 0.6) is 11.5 Å². The zero-order valence-corrected chi connectivity index (χ0v) is 12.9. The Hall–Kier alpha value is -0.930. The SMILES string of the molecule is CCOc1ccccc1OCCN(CCCl)C1CCC1. The molecule has 1 aliphatic rings. The minimum Gasteiger partial charge on any atom is -0.490 e. The zero-order valence-electron chi connectivity index (χ0n) is 12.2. The van der Waals surface area contributed by atoms with Gasteiger partial charge in [0.1, 0.15) is 6.61 Å². The van der Waals surface area contributed by atoms with Crippen molar-refractivity contribution in [3.8, 4) is 11.5 Å². The van der Waals surface area contributed by atoms with Crippen LogP contribution in [0.4, 0.5) is 0 Å². The van der Waals surface area contributed by atoms with Gasteiger partial charge in [0.15, 0.2) is 11.5 Å². The first-order valence-electron chi connectivity index (χ1n) is 7.49. The molecule has 0 radical (unpaired) electrons. The first-order valence-corrected chi connectivity index (χ1v) is 8.03. The quantitative estimate of drug-likeness (QED) is 0.651. The molecule has 1 aromatic rings. The van der Waals surface area contributed by atoms with E-state index in [-0.39, 0.29) is 0 Å². The van der Waals surface area contributed by atoms with Crippen LogP contribution in [0, 0.1) is 0 Å². The Morgan fingerprint density at radius 3 is 2.40 bits per heavy atom. The molecule has 2 rings (SSSR count). The maximum atomic E-state index is 5.88. The summed E-state index contributed by atoms with van der Waals surface area (Å²) in [5.41, 5.74) is 0. The monoisotopic (exact) mass is 297 g/mol. The van der Waals surface area contributed by atoms with Gasteiger partial charge in [-0.2, -0.15) is 0 Å². The molecule has 1 aliphatic carbocycles. The number of hydrogen-bond donors (Lipinski definition) is 0. The molecule has 0 N–H and O–H groups in total. The summed E-state index contributed by atoms with van der Waals surface area (Å²) in [4.78, 5) is 2.44. The van der Waals surface area contributed by atoms with Crippen LogP contribution in [0.25, 0.3) is 0 Å². The van der Waals surface area contributed by atoms with Gasteiger partial charge in [-0.05, 0) is 31.9 Å². The van der Waals surface area contributed by atoms with Crippen molar-refractivity contribution in [2.24, 2.45) is 0 Å². The van der Waals surface area contributed by atoms with E-state index in [1.807, 2.05) is 31.2 Å². The molecule has 0 aromatic heterocycles. The van der Waals surface area contributed by atoms with Crippen molar-refractivity contribution in [1.29, 1.82) is 0 Å². The molecule has 0 spiro atoms. The smallest absolute Gasteiger partial charge is 0.161 e. The maximum absolute atomic E-state index is 5.88. The summed E-state index contributed by atoms with van der Waals surface area (Å²) < 4.78 is 11.4. The maximum Gasteiger partial charge on any atom is 0.161 e. The first-order chi connectivity index (χ1) is 9.85. The highest BCUT2D eigenvalue weighted by Gasteiger charge is 2.24. The lowest BCUT2D eigenvalue weighted by Crippen LogP contribution is -2.43. The summed E-state index contributed by atoms with van der Waals surface area (Å²) in [6.07, 6.45) is 3.94. The van der Waals surface area contributed by atoms with E-state index in [2.05, 4.69) is 4.90 Å². The van der Waals surface area contributed by atoms with Gasteiger partial charge in [0.2, 0.25) is 0 Å². The minimum absolute atomic E-state index is 0.654. The standard InChI is InChI=1S/C16H24ClNO2/c1-2-19-15-8-3-4-9-16(15)20-13-12-18(11-10-17)14-6-5-7-14/h3-4,8-9,14H,2,5-7,10-13H2,1H3. The lowest BCUT2D eigenvalue weighted by Gasteiger charge is -2.37. The Labute approximate surface area is 126 Å². The van der Waals surface area contributed by atoms with Crippen LogP contribution in [0.1, 0.15) is 26.2 Å². The molecular formula is C16H24ClNO2. The van der Waals surface area contributed by atoms with Gasteiger partial charge >= 0.3 is 0 Å². The second kappa shape index (κ2) is 8.38. The van der Waals surface area contributed by atoms with Crippen LogP contribution < -0.4 is 9.47 Å². The van der Waals surface area contributed by atoms with Crippen molar-refractivity contribution in [3.05, 3.63) is 24.3 Å². The normalized spacial score (nSPS) is 15.2. The van der Waals surface area contributed by atoms with Gasteiger partial charge in [-0.3, -0.25) is 4.90 Å². The lowest BCUT2D eigenvalue weighted by atomic mass is 9.91. The molecule has 3 nitrogen and oxygen atoms in total. The molecule has 1 saturated carbocycles. The highest BCUT2D eigenvalue weighted by molar-refractivity contribution is 6.18. The molecule has 112 valence electrons.